The molecule has 0 aliphatic carbocycles. The van der Waals surface area contributed by atoms with Crippen molar-refractivity contribution in [3.05, 3.63) is 35.9 Å². The molecule has 0 spiro atoms. The molecule has 0 radical (unpaired) electrons. The second-order valence-corrected chi connectivity index (χ2v) is 3.62. The highest BCUT2D eigenvalue weighted by atomic mass is 16.5. The smallest absolute Gasteiger partial charge is 0.225 e. The van der Waals surface area contributed by atoms with E-state index in [2.05, 4.69) is 0 Å². The minimum atomic E-state index is -0.658. The van der Waals surface area contributed by atoms with Crippen LogP contribution in [0.1, 0.15) is 12.0 Å². The lowest BCUT2D eigenvalue weighted by molar-refractivity contribution is -0.120. The molecule has 0 fully saturated rings. The van der Waals surface area contributed by atoms with Gasteiger partial charge in [0.2, 0.25) is 5.91 Å². The van der Waals surface area contributed by atoms with Crippen LogP contribution in [0.2, 0.25) is 0 Å². The van der Waals surface area contributed by atoms with Gasteiger partial charge in [-0.05, 0) is 12.0 Å². The molecule has 0 bridgehead atoms. The Kier molecular flexibility index (Phi) is 5.14. The average Bonchev–Trinajstić information content (AvgIpc) is 2.35. The predicted octanol–water partition coefficient (Wildman–Crippen LogP) is 1.04. The minimum absolute atomic E-state index is 0.287. The maximum Gasteiger partial charge on any atom is 0.225 e. The van der Waals surface area contributed by atoms with Crippen LogP contribution in [0, 0.1) is 5.92 Å². The van der Waals surface area contributed by atoms with Crippen LogP contribution in [-0.2, 0) is 14.3 Å². The van der Waals surface area contributed by atoms with Crippen LogP contribution < -0.4 is 5.73 Å². The lowest BCUT2D eigenvalue weighted by Gasteiger charge is -2.14. The number of benzene rings is 1. The van der Waals surface area contributed by atoms with Crippen molar-refractivity contribution in [2.24, 2.45) is 11.7 Å². The van der Waals surface area contributed by atoms with Gasteiger partial charge in [0.15, 0.2) is 0 Å². The number of primary amides is 1. The third-order valence-electron chi connectivity index (χ3n) is 2.50. The molecule has 1 rings (SSSR count). The fourth-order valence-electron chi connectivity index (χ4n) is 1.61. The lowest BCUT2D eigenvalue weighted by Crippen LogP contribution is -2.26. The van der Waals surface area contributed by atoms with E-state index in [9.17, 15) is 9.59 Å². The van der Waals surface area contributed by atoms with E-state index in [4.69, 9.17) is 10.5 Å². The van der Waals surface area contributed by atoms with E-state index < -0.39 is 11.8 Å². The Hall–Kier alpha value is -1.90. The van der Waals surface area contributed by atoms with Crippen molar-refractivity contribution in [3.63, 3.8) is 0 Å². The Bertz CT molecular complexity index is 422. The molecule has 4 nitrogen and oxygen atoms in total. The van der Waals surface area contributed by atoms with Gasteiger partial charge in [-0.25, -0.2) is 4.79 Å². The summed E-state index contributed by atoms with van der Waals surface area (Å²) in [6.07, 6.45) is 0.380. The zero-order valence-corrected chi connectivity index (χ0v) is 9.68. The first-order valence-electron chi connectivity index (χ1n) is 5.29. The van der Waals surface area contributed by atoms with E-state index in [1.54, 1.807) is 24.3 Å². The third kappa shape index (κ3) is 3.55. The van der Waals surface area contributed by atoms with Gasteiger partial charge in [0.1, 0.15) is 5.94 Å². The van der Waals surface area contributed by atoms with Crippen molar-refractivity contribution in [1.82, 2.24) is 0 Å². The van der Waals surface area contributed by atoms with Crippen LogP contribution in [0.3, 0.4) is 0 Å². The van der Waals surface area contributed by atoms with Crippen molar-refractivity contribution in [2.45, 2.75) is 6.42 Å². The molecule has 2 N–H and O–H groups in total. The first-order chi connectivity index (χ1) is 8.20. The average molecular weight is 233 g/mol. The Morgan fingerprint density at radius 3 is 2.53 bits per heavy atom. The first kappa shape index (κ1) is 13.2. The number of amides is 1. The fourth-order valence-corrected chi connectivity index (χ4v) is 1.61. The zero-order chi connectivity index (χ0) is 12.7. The molecule has 0 saturated carbocycles. The van der Waals surface area contributed by atoms with Crippen LogP contribution in [0.15, 0.2) is 30.3 Å². The van der Waals surface area contributed by atoms with E-state index in [1.807, 2.05) is 12.0 Å². The summed E-state index contributed by atoms with van der Waals surface area (Å²) in [6, 6.07) is 8.92. The molecule has 1 aromatic rings. The molecule has 0 aliphatic heterocycles. The van der Waals surface area contributed by atoms with E-state index in [0.717, 1.165) is 0 Å². The molecule has 17 heavy (non-hydrogen) atoms. The molecule has 1 unspecified atom stereocenters. The number of nitrogens with two attached hydrogens (primary N) is 1. The first-order valence-corrected chi connectivity index (χ1v) is 5.29. The van der Waals surface area contributed by atoms with Crippen LogP contribution in [0.5, 0.6) is 0 Å². The van der Waals surface area contributed by atoms with Crippen molar-refractivity contribution >= 4 is 17.4 Å². The lowest BCUT2D eigenvalue weighted by atomic mass is 9.91. The van der Waals surface area contributed by atoms with Crippen LogP contribution in [0.4, 0.5) is 0 Å². The number of methoxy groups -OCH3 is 1. The molecule has 90 valence electrons. The zero-order valence-electron chi connectivity index (χ0n) is 9.68. The summed E-state index contributed by atoms with van der Waals surface area (Å²) < 4.78 is 4.90. The standard InChI is InChI=1S/C13H15NO3/c1-17-8-7-11(13(14)16)12(9-15)10-5-3-2-4-6-10/h2-6,11H,7-8H2,1H3,(H2,14,16). The van der Waals surface area contributed by atoms with Gasteiger partial charge in [0, 0.05) is 13.7 Å². The second kappa shape index (κ2) is 6.63. The highest BCUT2D eigenvalue weighted by molar-refractivity contribution is 6.00. The summed E-state index contributed by atoms with van der Waals surface area (Å²) in [5, 5.41) is 0. The summed E-state index contributed by atoms with van der Waals surface area (Å²) in [5.41, 5.74) is 6.25. The molecule has 0 saturated heterocycles. The summed E-state index contributed by atoms with van der Waals surface area (Å²) >= 11 is 0. The van der Waals surface area contributed by atoms with E-state index >= 15 is 0 Å². The van der Waals surface area contributed by atoms with Crippen molar-refractivity contribution < 1.29 is 14.3 Å². The van der Waals surface area contributed by atoms with Gasteiger partial charge < -0.3 is 10.5 Å². The van der Waals surface area contributed by atoms with Gasteiger partial charge in [-0.2, -0.15) is 0 Å². The normalized spacial score (nSPS) is 11.6. The number of ether oxygens (including phenoxy) is 1. The van der Waals surface area contributed by atoms with E-state index in [1.165, 1.54) is 7.11 Å². The van der Waals surface area contributed by atoms with Crippen LogP contribution in [0.25, 0.3) is 5.57 Å². The minimum Gasteiger partial charge on any atom is -0.385 e. The topological polar surface area (TPSA) is 69.4 Å². The van der Waals surface area contributed by atoms with E-state index in [0.29, 0.717) is 18.6 Å². The predicted molar refractivity (Wildman–Crippen MR) is 64.7 cm³/mol. The Balaban J connectivity index is 2.99. The Labute approximate surface area is 100 Å². The van der Waals surface area contributed by atoms with Gasteiger partial charge in [0.05, 0.1) is 11.5 Å². The molecule has 1 amide bonds. The maximum atomic E-state index is 11.3. The second-order valence-electron chi connectivity index (χ2n) is 3.62. The Morgan fingerprint density at radius 1 is 1.41 bits per heavy atom. The number of carbonyl (C=O) groups excluding carboxylic acids is 2. The number of rotatable bonds is 6. The van der Waals surface area contributed by atoms with Crippen molar-refractivity contribution in [1.29, 1.82) is 0 Å². The molecule has 0 heterocycles. The summed E-state index contributed by atoms with van der Waals surface area (Å²) in [4.78, 5) is 22.3. The summed E-state index contributed by atoms with van der Waals surface area (Å²) in [5.74, 6) is 0.624. The van der Waals surface area contributed by atoms with Crippen molar-refractivity contribution in [2.75, 3.05) is 13.7 Å². The third-order valence-corrected chi connectivity index (χ3v) is 2.50. The number of carbonyl (C=O) groups is 1. The fraction of sp³-hybridized carbons (Fsp3) is 0.308. The Morgan fingerprint density at radius 2 is 2.06 bits per heavy atom. The number of hydrogen-bond acceptors (Lipinski definition) is 3. The maximum absolute atomic E-state index is 11.3. The van der Waals surface area contributed by atoms with Crippen LogP contribution >= 0.6 is 0 Å². The van der Waals surface area contributed by atoms with Gasteiger partial charge in [-0.3, -0.25) is 4.79 Å². The summed E-state index contributed by atoms with van der Waals surface area (Å²) in [6.45, 7) is 0.367. The molecule has 0 aromatic heterocycles. The largest absolute Gasteiger partial charge is 0.385 e. The molecule has 1 atom stereocenters. The quantitative estimate of drug-likeness (QED) is 0.746. The molecule has 0 aliphatic rings. The SMILES string of the molecule is COCCC(C(N)=O)C(=C=O)c1ccccc1. The monoisotopic (exact) mass is 233 g/mol. The van der Waals surface area contributed by atoms with Gasteiger partial charge in [-0.15, -0.1) is 0 Å². The van der Waals surface area contributed by atoms with Crippen LogP contribution in [-0.4, -0.2) is 25.6 Å². The van der Waals surface area contributed by atoms with Gasteiger partial charge >= 0.3 is 0 Å². The highest BCUT2D eigenvalue weighted by Crippen LogP contribution is 2.23. The highest BCUT2D eigenvalue weighted by Gasteiger charge is 2.22. The molecule has 1 aromatic carbocycles. The van der Waals surface area contributed by atoms with Crippen molar-refractivity contribution in [3.8, 4) is 0 Å². The van der Waals surface area contributed by atoms with E-state index in [-0.39, 0.29) is 5.57 Å². The van der Waals surface area contributed by atoms with Gasteiger partial charge in [0.25, 0.3) is 0 Å². The molecular formula is C13H15NO3. The number of hydrogen-bond donors (Lipinski definition) is 1. The molecular weight excluding hydrogens is 218 g/mol. The molecule has 4 heteroatoms. The van der Waals surface area contributed by atoms with Gasteiger partial charge in [-0.1, -0.05) is 30.3 Å². The summed E-state index contributed by atoms with van der Waals surface area (Å²) in [7, 11) is 1.53.